The van der Waals surface area contributed by atoms with Gasteiger partial charge in [-0.3, -0.25) is 0 Å². The second kappa shape index (κ2) is 6.64. The predicted molar refractivity (Wildman–Crippen MR) is 92.0 cm³/mol. The van der Waals surface area contributed by atoms with E-state index in [0.717, 1.165) is 23.4 Å². The number of aromatic amines is 1. The highest BCUT2D eigenvalue weighted by molar-refractivity contribution is 7.71. The smallest absolute Gasteiger partial charge is 0.250 e. The molecule has 0 aliphatic heterocycles. The maximum absolute atomic E-state index is 13.1. The van der Waals surface area contributed by atoms with Gasteiger partial charge in [-0.15, -0.1) is 0 Å². The summed E-state index contributed by atoms with van der Waals surface area (Å²) in [5.41, 5.74) is 0.970. The summed E-state index contributed by atoms with van der Waals surface area (Å²) in [7, 11) is 0. The molecule has 4 nitrogen and oxygen atoms in total. The van der Waals surface area contributed by atoms with Crippen LogP contribution in [0.4, 0.5) is 13.2 Å². The Kier molecular flexibility index (Phi) is 4.54. The van der Waals surface area contributed by atoms with E-state index < -0.39 is 11.7 Å². The molecule has 25 heavy (non-hydrogen) atoms. The first kappa shape index (κ1) is 17.1. The van der Waals surface area contributed by atoms with Crippen LogP contribution in [0.1, 0.15) is 16.7 Å². The van der Waals surface area contributed by atoms with Gasteiger partial charge in [-0.2, -0.15) is 28.0 Å². The minimum Gasteiger partial charge on any atom is -0.250 e. The number of hydrogen-bond donors (Lipinski definition) is 1. The van der Waals surface area contributed by atoms with Crippen molar-refractivity contribution in [1.82, 2.24) is 14.9 Å². The molecule has 3 aromatic rings. The Hall–Kier alpha value is -2.74. The number of hydrogen-bond acceptors (Lipinski definition) is 3. The van der Waals surface area contributed by atoms with E-state index in [9.17, 15) is 13.2 Å². The molecule has 0 saturated heterocycles. The lowest BCUT2D eigenvalue weighted by Crippen LogP contribution is -2.09. The van der Waals surface area contributed by atoms with Crippen molar-refractivity contribution in [2.24, 2.45) is 5.10 Å². The molecule has 128 valence electrons. The van der Waals surface area contributed by atoms with Gasteiger partial charge in [0.1, 0.15) is 0 Å². The van der Waals surface area contributed by atoms with Gasteiger partial charge < -0.3 is 0 Å². The molecule has 1 aromatic heterocycles. The van der Waals surface area contributed by atoms with Crippen LogP contribution >= 0.6 is 12.2 Å². The molecule has 0 saturated carbocycles. The van der Waals surface area contributed by atoms with Gasteiger partial charge >= 0.3 is 6.18 Å². The molecule has 0 bridgehead atoms. The van der Waals surface area contributed by atoms with E-state index in [0.29, 0.717) is 5.82 Å². The summed E-state index contributed by atoms with van der Waals surface area (Å²) in [6, 6.07) is 12.7. The minimum atomic E-state index is -4.46. The van der Waals surface area contributed by atoms with E-state index >= 15 is 0 Å². The lowest BCUT2D eigenvalue weighted by atomic mass is 10.1. The topological polar surface area (TPSA) is 46.0 Å². The molecular weight excluding hydrogens is 349 g/mol. The minimum absolute atomic E-state index is 0.0479. The lowest BCUT2D eigenvalue weighted by molar-refractivity contribution is -0.137. The zero-order valence-electron chi connectivity index (χ0n) is 13.1. The van der Waals surface area contributed by atoms with Gasteiger partial charge in [0.05, 0.1) is 11.8 Å². The van der Waals surface area contributed by atoms with Crippen molar-refractivity contribution in [3.8, 4) is 11.4 Å². The number of alkyl halides is 3. The molecule has 0 atom stereocenters. The first-order chi connectivity index (χ1) is 11.9. The van der Waals surface area contributed by atoms with Crippen LogP contribution in [0.25, 0.3) is 11.4 Å². The third-order valence-corrected chi connectivity index (χ3v) is 3.77. The molecule has 0 aliphatic rings. The number of aromatic nitrogens is 3. The van der Waals surface area contributed by atoms with Gasteiger partial charge in [0.15, 0.2) is 5.82 Å². The van der Waals surface area contributed by atoms with Gasteiger partial charge in [0.2, 0.25) is 4.77 Å². The van der Waals surface area contributed by atoms with Gasteiger partial charge in [-0.25, -0.2) is 5.10 Å². The molecule has 0 aliphatic carbocycles. The van der Waals surface area contributed by atoms with Crippen LogP contribution in [-0.4, -0.2) is 21.1 Å². The van der Waals surface area contributed by atoms with Gasteiger partial charge in [-0.1, -0.05) is 42.0 Å². The number of benzene rings is 2. The van der Waals surface area contributed by atoms with E-state index in [4.69, 9.17) is 12.2 Å². The second-order valence-electron chi connectivity index (χ2n) is 5.36. The van der Waals surface area contributed by atoms with Crippen molar-refractivity contribution in [2.45, 2.75) is 13.1 Å². The summed E-state index contributed by atoms with van der Waals surface area (Å²) in [5, 5.41) is 10.8. The molecule has 1 N–H and O–H groups in total. The molecule has 2 aromatic carbocycles. The van der Waals surface area contributed by atoms with Gasteiger partial charge in [0.25, 0.3) is 0 Å². The molecule has 3 rings (SSSR count). The highest BCUT2D eigenvalue weighted by Crippen LogP contribution is 2.31. The van der Waals surface area contributed by atoms with Crippen LogP contribution in [-0.2, 0) is 6.18 Å². The van der Waals surface area contributed by atoms with Crippen LogP contribution in [0.5, 0.6) is 0 Å². The van der Waals surface area contributed by atoms with Crippen molar-refractivity contribution in [3.63, 3.8) is 0 Å². The summed E-state index contributed by atoms with van der Waals surface area (Å²) in [6.07, 6.45) is -3.33. The zero-order valence-corrected chi connectivity index (χ0v) is 13.9. The first-order valence-corrected chi connectivity index (χ1v) is 7.72. The summed E-state index contributed by atoms with van der Waals surface area (Å²) < 4.78 is 40.7. The third kappa shape index (κ3) is 3.69. The highest BCUT2D eigenvalue weighted by Gasteiger charge is 2.32. The van der Waals surface area contributed by atoms with Crippen molar-refractivity contribution in [1.29, 1.82) is 0 Å². The van der Waals surface area contributed by atoms with E-state index in [-0.39, 0.29) is 10.3 Å². The molecule has 8 heteroatoms. The van der Waals surface area contributed by atoms with E-state index in [1.165, 1.54) is 22.9 Å². The monoisotopic (exact) mass is 362 g/mol. The maximum atomic E-state index is 13.1. The molecule has 0 fully saturated rings. The van der Waals surface area contributed by atoms with Crippen molar-refractivity contribution in [2.75, 3.05) is 0 Å². The van der Waals surface area contributed by atoms with Crippen LogP contribution in [0.3, 0.4) is 0 Å². The fraction of sp³-hybridized carbons (Fsp3) is 0.118. The summed E-state index contributed by atoms with van der Waals surface area (Å²) >= 11 is 5.14. The summed E-state index contributed by atoms with van der Waals surface area (Å²) in [6.45, 7) is 1.93. The zero-order chi connectivity index (χ0) is 18.0. The second-order valence-corrected chi connectivity index (χ2v) is 5.75. The number of aryl methyl sites for hydroxylation is 1. The van der Waals surface area contributed by atoms with E-state index in [1.807, 2.05) is 31.2 Å². The average molecular weight is 362 g/mol. The van der Waals surface area contributed by atoms with Gasteiger partial charge in [0, 0.05) is 11.1 Å². The Bertz CT molecular complexity index is 986. The Morgan fingerprint density at radius 3 is 2.64 bits per heavy atom. The quantitative estimate of drug-likeness (QED) is 0.536. The van der Waals surface area contributed by atoms with E-state index in [1.54, 1.807) is 0 Å². The molecular formula is C17H13F3N4S. The summed E-state index contributed by atoms with van der Waals surface area (Å²) in [4.78, 5) is 0. The SMILES string of the molecule is Cc1cccc(-c2n[nH]c(=S)n2/N=C/c2ccccc2C(F)(F)F)c1. The molecule has 0 radical (unpaired) electrons. The lowest BCUT2D eigenvalue weighted by Gasteiger charge is -2.09. The number of halogens is 3. The van der Waals surface area contributed by atoms with Crippen LogP contribution in [0, 0.1) is 11.7 Å². The Labute approximate surface area is 146 Å². The fourth-order valence-corrected chi connectivity index (χ4v) is 2.54. The molecule has 1 heterocycles. The standard InChI is InChI=1S/C17H13F3N4S/c1-11-5-4-7-12(9-11)15-22-23-16(25)24(15)21-10-13-6-2-3-8-14(13)17(18,19)20/h2-10H,1H3,(H,23,25)/b21-10+. The number of rotatable bonds is 3. The van der Waals surface area contributed by atoms with Crippen molar-refractivity contribution in [3.05, 3.63) is 70.0 Å². The van der Waals surface area contributed by atoms with Crippen LogP contribution in [0.15, 0.2) is 53.6 Å². The average Bonchev–Trinajstić information content (AvgIpc) is 2.93. The number of nitrogens with one attached hydrogen (secondary N) is 1. The largest absolute Gasteiger partial charge is 0.417 e. The maximum Gasteiger partial charge on any atom is 0.417 e. The first-order valence-electron chi connectivity index (χ1n) is 7.31. The molecule has 0 spiro atoms. The van der Waals surface area contributed by atoms with E-state index in [2.05, 4.69) is 15.3 Å². The van der Waals surface area contributed by atoms with Gasteiger partial charge in [-0.05, 0) is 31.3 Å². The van der Waals surface area contributed by atoms with Crippen molar-refractivity contribution >= 4 is 18.4 Å². The highest BCUT2D eigenvalue weighted by atomic mass is 32.1. The van der Waals surface area contributed by atoms with Crippen LogP contribution in [0.2, 0.25) is 0 Å². The Morgan fingerprint density at radius 1 is 1.16 bits per heavy atom. The van der Waals surface area contributed by atoms with Crippen LogP contribution < -0.4 is 0 Å². The number of nitrogens with zero attached hydrogens (tertiary/aromatic N) is 3. The molecule has 0 unspecified atom stereocenters. The Morgan fingerprint density at radius 2 is 1.92 bits per heavy atom. The molecule has 0 amide bonds. The van der Waals surface area contributed by atoms with Crippen molar-refractivity contribution < 1.29 is 13.2 Å². The predicted octanol–water partition coefficient (Wildman–Crippen LogP) is 4.82. The summed E-state index contributed by atoms with van der Waals surface area (Å²) in [5.74, 6) is 0.425. The fourth-order valence-electron chi connectivity index (χ4n) is 2.36. The normalized spacial score (nSPS) is 12.0. The third-order valence-electron chi connectivity index (χ3n) is 3.51. The Balaban J connectivity index is 2.05. The number of H-pyrrole nitrogens is 1.